The zero-order valence-corrected chi connectivity index (χ0v) is 9.59. The maximum Gasteiger partial charge on any atom is 0.335 e. The first-order valence-electron chi connectivity index (χ1n) is 5.63. The lowest BCUT2D eigenvalue weighted by molar-refractivity contribution is 0.0696. The molecule has 0 saturated heterocycles. The van der Waals surface area contributed by atoms with E-state index < -0.39 is 5.97 Å². The number of carbonyl (C=O) groups excluding carboxylic acids is 1. The Labute approximate surface area is 99.1 Å². The molecule has 0 radical (unpaired) electrons. The van der Waals surface area contributed by atoms with Crippen molar-refractivity contribution < 1.29 is 14.7 Å². The van der Waals surface area contributed by atoms with Crippen LogP contribution in [-0.2, 0) is 0 Å². The molecular weight excluding hydrogens is 220 g/mol. The van der Waals surface area contributed by atoms with Crippen LogP contribution in [0.1, 0.15) is 40.6 Å². The fraction of sp³-hybridized carbons (Fsp3) is 0.417. The largest absolute Gasteiger partial charge is 0.478 e. The molecule has 90 valence electrons. The van der Waals surface area contributed by atoms with Crippen molar-refractivity contribution in [3.63, 3.8) is 0 Å². The van der Waals surface area contributed by atoms with Gasteiger partial charge in [0.25, 0.3) is 5.91 Å². The van der Waals surface area contributed by atoms with E-state index >= 15 is 0 Å². The van der Waals surface area contributed by atoms with E-state index in [1.54, 1.807) is 4.90 Å². The summed E-state index contributed by atoms with van der Waals surface area (Å²) >= 11 is 0. The second-order valence-corrected chi connectivity index (χ2v) is 4.06. The van der Waals surface area contributed by atoms with Crippen LogP contribution in [0, 0.1) is 0 Å². The lowest BCUT2D eigenvalue weighted by Crippen LogP contribution is -2.33. The van der Waals surface area contributed by atoms with Gasteiger partial charge >= 0.3 is 5.97 Å². The number of hydrogen-bond acceptors (Lipinski definition) is 3. The molecule has 5 heteroatoms. The molecule has 1 aromatic heterocycles. The van der Waals surface area contributed by atoms with Crippen molar-refractivity contribution in [1.82, 2.24) is 9.88 Å². The second kappa shape index (κ2) is 4.53. The Bertz CT molecular complexity index is 455. The van der Waals surface area contributed by atoms with Crippen molar-refractivity contribution in [2.24, 2.45) is 0 Å². The van der Waals surface area contributed by atoms with Crippen LogP contribution in [0.2, 0.25) is 0 Å². The van der Waals surface area contributed by atoms with Gasteiger partial charge in [-0.3, -0.25) is 9.78 Å². The molecule has 0 bridgehead atoms. The zero-order chi connectivity index (χ0) is 12.4. The molecule has 1 N–H and O–H groups in total. The van der Waals surface area contributed by atoms with Gasteiger partial charge in [0.15, 0.2) is 0 Å². The first-order chi connectivity index (χ1) is 8.13. The maximum absolute atomic E-state index is 12.1. The van der Waals surface area contributed by atoms with E-state index in [9.17, 15) is 9.59 Å². The number of carbonyl (C=O) groups is 2. The Balaban J connectivity index is 2.23. The topological polar surface area (TPSA) is 70.5 Å². The number of hydrogen-bond donors (Lipinski definition) is 1. The molecule has 5 nitrogen and oxygen atoms in total. The average Bonchev–Trinajstić information content (AvgIpc) is 3.14. The summed E-state index contributed by atoms with van der Waals surface area (Å²) < 4.78 is 0. The van der Waals surface area contributed by atoms with Gasteiger partial charge in [0.05, 0.1) is 5.56 Å². The summed E-state index contributed by atoms with van der Waals surface area (Å²) in [6.45, 7) is 2.54. The van der Waals surface area contributed by atoms with Gasteiger partial charge in [0.2, 0.25) is 0 Å². The van der Waals surface area contributed by atoms with Crippen LogP contribution >= 0.6 is 0 Å². The second-order valence-electron chi connectivity index (χ2n) is 4.06. The summed E-state index contributed by atoms with van der Waals surface area (Å²) in [4.78, 5) is 28.6. The molecule has 0 unspecified atom stereocenters. The summed E-state index contributed by atoms with van der Waals surface area (Å²) in [5.41, 5.74) is 0.300. The van der Waals surface area contributed by atoms with Crippen LogP contribution in [0.4, 0.5) is 0 Å². The molecule has 0 spiro atoms. The van der Waals surface area contributed by atoms with Crippen LogP contribution in [0.5, 0.6) is 0 Å². The molecular formula is C12H14N2O3. The number of carboxylic acids is 1. The quantitative estimate of drug-likeness (QED) is 0.854. The van der Waals surface area contributed by atoms with Crippen LogP contribution in [-0.4, -0.2) is 39.5 Å². The Morgan fingerprint density at radius 2 is 2.24 bits per heavy atom. The highest BCUT2D eigenvalue weighted by molar-refractivity contribution is 5.96. The Morgan fingerprint density at radius 1 is 1.53 bits per heavy atom. The summed E-state index contributed by atoms with van der Waals surface area (Å²) in [5, 5.41) is 8.86. The van der Waals surface area contributed by atoms with Crippen molar-refractivity contribution in [1.29, 1.82) is 0 Å². The molecule has 1 saturated carbocycles. The predicted octanol–water partition coefficient (Wildman–Crippen LogP) is 1.40. The van der Waals surface area contributed by atoms with Crippen LogP contribution in [0.3, 0.4) is 0 Å². The number of carboxylic acid groups (broad SMARTS) is 1. The van der Waals surface area contributed by atoms with Gasteiger partial charge in [-0.2, -0.15) is 0 Å². The van der Waals surface area contributed by atoms with Crippen LogP contribution in [0.25, 0.3) is 0 Å². The molecule has 17 heavy (non-hydrogen) atoms. The highest BCUT2D eigenvalue weighted by Crippen LogP contribution is 2.27. The number of aromatic nitrogens is 1. The molecule has 1 aromatic rings. The first-order valence-corrected chi connectivity index (χ1v) is 5.63. The molecule has 2 rings (SSSR count). The summed E-state index contributed by atoms with van der Waals surface area (Å²) in [6.07, 6.45) is 3.41. The van der Waals surface area contributed by atoms with E-state index in [-0.39, 0.29) is 17.2 Å². The highest BCUT2D eigenvalue weighted by atomic mass is 16.4. The van der Waals surface area contributed by atoms with Crippen LogP contribution in [0.15, 0.2) is 18.3 Å². The SMILES string of the molecule is CCN(C(=O)c1cc(C(=O)O)ccn1)C1CC1. The highest BCUT2D eigenvalue weighted by Gasteiger charge is 2.32. The van der Waals surface area contributed by atoms with E-state index in [2.05, 4.69) is 4.98 Å². The smallest absolute Gasteiger partial charge is 0.335 e. The van der Waals surface area contributed by atoms with Crippen molar-refractivity contribution in [3.05, 3.63) is 29.6 Å². The normalized spacial score (nSPS) is 14.4. The Morgan fingerprint density at radius 3 is 2.76 bits per heavy atom. The molecule has 0 atom stereocenters. The average molecular weight is 234 g/mol. The summed E-state index contributed by atoms with van der Waals surface area (Å²) in [7, 11) is 0. The minimum Gasteiger partial charge on any atom is -0.478 e. The van der Waals surface area contributed by atoms with Gasteiger partial charge in [-0.1, -0.05) is 0 Å². The molecule has 1 heterocycles. The number of amides is 1. The Kier molecular flexibility index (Phi) is 3.08. The van der Waals surface area contributed by atoms with E-state index in [0.717, 1.165) is 12.8 Å². The fourth-order valence-electron chi connectivity index (χ4n) is 1.78. The third kappa shape index (κ3) is 2.43. The number of pyridine rings is 1. The van der Waals surface area contributed by atoms with Crippen LogP contribution < -0.4 is 0 Å². The van der Waals surface area contributed by atoms with Crippen molar-refractivity contribution in [2.75, 3.05) is 6.54 Å². The summed E-state index contributed by atoms with van der Waals surface area (Å²) in [6, 6.07) is 3.02. The molecule has 1 amide bonds. The maximum atomic E-state index is 12.1. The number of aromatic carboxylic acids is 1. The molecule has 0 aliphatic heterocycles. The minimum absolute atomic E-state index is 0.0928. The van der Waals surface area contributed by atoms with Gasteiger partial charge in [0, 0.05) is 18.8 Å². The third-order valence-electron chi connectivity index (χ3n) is 2.82. The number of rotatable bonds is 4. The molecule has 1 aliphatic rings. The molecule has 1 aliphatic carbocycles. The van der Waals surface area contributed by atoms with Gasteiger partial charge < -0.3 is 10.0 Å². The Hall–Kier alpha value is -1.91. The minimum atomic E-state index is -1.05. The van der Waals surface area contributed by atoms with E-state index in [4.69, 9.17) is 5.11 Å². The fourth-order valence-corrected chi connectivity index (χ4v) is 1.78. The monoisotopic (exact) mass is 234 g/mol. The lowest BCUT2D eigenvalue weighted by atomic mass is 10.2. The third-order valence-corrected chi connectivity index (χ3v) is 2.82. The van der Waals surface area contributed by atoms with Crippen molar-refractivity contribution >= 4 is 11.9 Å². The zero-order valence-electron chi connectivity index (χ0n) is 9.59. The van der Waals surface area contributed by atoms with E-state index in [1.165, 1.54) is 18.3 Å². The predicted molar refractivity (Wildman–Crippen MR) is 60.9 cm³/mol. The van der Waals surface area contributed by atoms with Gasteiger partial charge in [0.1, 0.15) is 5.69 Å². The van der Waals surface area contributed by atoms with Crippen molar-refractivity contribution in [3.8, 4) is 0 Å². The van der Waals surface area contributed by atoms with Crippen molar-refractivity contribution in [2.45, 2.75) is 25.8 Å². The number of nitrogens with zero attached hydrogens (tertiary/aromatic N) is 2. The molecule has 0 aromatic carbocycles. The van der Waals surface area contributed by atoms with E-state index in [1.807, 2.05) is 6.92 Å². The van der Waals surface area contributed by atoms with Gasteiger partial charge in [-0.15, -0.1) is 0 Å². The molecule has 1 fully saturated rings. The standard InChI is InChI=1S/C12H14N2O3/c1-2-14(9-3-4-9)11(15)10-7-8(12(16)17)5-6-13-10/h5-7,9H,2-4H2,1H3,(H,16,17). The van der Waals surface area contributed by atoms with Gasteiger partial charge in [-0.25, -0.2) is 4.79 Å². The first kappa shape index (κ1) is 11.6. The lowest BCUT2D eigenvalue weighted by Gasteiger charge is -2.19. The summed E-state index contributed by atoms with van der Waals surface area (Å²) in [5.74, 6) is -1.23. The van der Waals surface area contributed by atoms with E-state index in [0.29, 0.717) is 12.6 Å². The van der Waals surface area contributed by atoms with Gasteiger partial charge in [-0.05, 0) is 31.9 Å².